The van der Waals surface area contributed by atoms with Gasteiger partial charge in [0.25, 0.3) is 0 Å². The molecule has 19 heavy (non-hydrogen) atoms. The Morgan fingerprint density at radius 3 is 2.84 bits per heavy atom. The number of hydrogen-bond donors (Lipinski definition) is 1. The Morgan fingerprint density at radius 1 is 1.47 bits per heavy atom. The summed E-state index contributed by atoms with van der Waals surface area (Å²) in [7, 11) is 0. The molecule has 6 nitrogen and oxygen atoms in total. The maximum absolute atomic E-state index is 12.1. The third kappa shape index (κ3) is 2.77. The van der Waals surface area contributed by atoms with Crippen molar-refractivity contribution in [3.8, 4) is 0 Å². The van der Waals surface area contributed by atoms with Crippen molar-refractivity contribution in [1.29, 1.82) is 0 Å². The number of aliphatic carboxylic acids is 1. The van der Waals surface area contributed by atoms with Gasteiger partial charge in [-0.3, -0.25) is 14.3 Å². The van der Waals surface area contributed by atoms with Crippen molar-refractivity contribution >= 4 is 11.9 Å². The number of hydrogen-bond acceptors (Lipinski definition) is 3. The largest absolute Gasteiger partial charge is 0.481 e. The van der Waals surface area contributed by atoms with Crippen LogP contribution in [0.1, 0.15) is 26.2 Å². The molecule has 1 aliphatic rings. The van der Waals surface area contributed by atoms with E-state index in [-0.39, 0.29) is 12.5 Å². The van der Waals surface area contributed by atoms with E-state index in [1.165, 1.54) is 0 Å². The van der Waals surface area contributed by atoms with Gasteiger partial charge in [-0.05, 0) is 18.9 Å². The van der Waals surface area contributed by atoms with Crippen LogP contribution in [0.5, 0.6) is 0 Å². The Balaban J connectivity index is 2.00. The van der Waals surface area contributed by atoms with Gasteiger partial charge in [0.1, 0.15) is 6.54 Å². The van der Waals surface area contributed by atoms with Gasteiger partial charge in [0, 0.05) is 25.5 Å². The van der Waals surface area contributed by atoms with Gasteiger partial charge in [-0.1, -0.05) is 13.3 Å². The van der Waals surface area contributed by atoms with E-state index < -0.39 is 11.4 Å². The predicted molar refractivity (Wildman–Crippen MR) is 68.4 cm³/mol. The molecule has 1 aromatic rings. The van der Waals surface area contributed by atoms with E-state index in [4.69, 9.17) is 0 Å². The first-order valence-corrected chi connectivity index (χ1v) is 6.56. The number of carbonyl (C=O) groups is 2. The molecule has 0 radical (unpaired) electrons. The molecule has 1 amide bonds. The molecule has 2 heterocycles. The summed E-state index contributed by atoms with van der Waals surface area (Å²) < 4.78 is 1.56. The van der Waals surface area contributed by atoms with Crippen molar-refractivity contribution in [2.24, 2.45) is 5.41 Å². The molecule has 1 aliphatic heterocycles. The van der Waals surface area contributed by atoms with Crippen LogP contribution in [0, 0.1) is 5.41 Å². The first-order valence-electron chi connectivity index (χ1n) is 6.56. The molecule has 0 bridgehead atoms. The number of carbonyl (C=O) groups excluding carboxylic acids is 1. The summed E-state index contributed by atoms with van der Waals surface area (Å²) in [6, 6.07) is 1.76. The third-order valence-corrected chi connectivity index (χ3v) is 3.75. The fourth-order valence-corrected chi connectivity index (χ4v) is 2.68. The van der Waals surface area contributed by atoms with Crippen molar-refractivity contribution < 1.29 is 14.7 Å². The molecule has 0 aromatic carbocycles. The first-order chi connectivity index (χ1) is 9.07. The van der Waals surface area contributed by atoms with Crippen LogP contribution >= 0.6 is 0 Å². The van der Waals surface area contributed by atoms with Gasteiger partial charge in [0.05, 0.1) is 5.41 Å². The lowest BCUT2D eigenvalue weighted by atomic mass is 9.83. The highest BCUT2D eigenvalue weighted by Crippen LogP contribution is 2.35. The molecule has 1 saturated heterocycles. The highest BCUT2D eigenvalue weighted by atomic mass is 16.4. The molecule has 0 saturated carbocycles. The highest BCUT2D eigenvalue weighted by Gasteiger charge is 2.45. The zero-order valence-corrected chi connectivity index (χ0v) is 11.1. The summed E-state index contributed by atoms with van der Waals surface area (Å²) in [5.41, 5.74) is -0.755. The van der Waals surface area contributed by atoms with Crippen LogP contribution in [0.3, 0.4) is 0 Å². The van der Waals surface area contributed by atoms with E-state index >= 15 is 0 Å². The van der Waals surface area contributed by atoms with Crippen molar-refractivity contribution in [3.63, 3.8) is 0 Å². The summed E-state index contributed by atoms with van der Waals surface area (Å²) >= 11 is 0. The van der Waals surface area contributed by atoms with Crippen molar-refractivity contribution in [2.45, 2.75) is 32.7 Å². The zero-order chi connectivity index (χ0) is 13.9. The van der Waals surface area contributed by atoms with Crippen LogP contribution in [0.15, 0.2) is 18.5 Å². The maximum Gasteiger partial charge on any atom is 0.311 e. The second-order valence-corrected chi connectivity index (χ2v) is 5.10. The van der Waals surface area contributed by atoms with Crippen LogP contribution in [0.4, 0.5) is 0 Å². The second kappa shape index (κ2) is 5.42. The van der Waals surface area contributed by atoms with Crippen molar-refractivity contribution in [1.82, 2.24) is 14.7 Å². The monoisotopic (exact) mass is 265 g/mol. The Labute approximate surface area is 112 Å². The van der Waals surface area contributed by atoms with E-state index in [0.717, 1.165) is 6.42 Å². The molecular formula is C13H19N3O3. The van der Waals surface area contributed by atoms with E-state index in [1.54, 1.807) is 28.0 Å². The molecule has 1 atom stereocenters. The molecule has 1 unspecified atom stereocenters. The standard InChI is InChI=1S/C13H19N3O3/c1-2-4-13(12(18)19)5-8-15(10-13)11(17)9-16-7-3-6-14-16/h3,6-7H,2,4-5,8-10H2,1H3,(H,18,19). The normalized spacial score (nSPS) is 22.7. The minimum absolute atomic E-state index is 0.0667. The molecule has 1 aromatic heterocycles. The minimum Gasteiger partial charge on any atom is -0.481 e. The second-order valence-electron chi connectivity index (χ2n) is 5.10. The maximum atomic E-state index is 12.1. The topological polar surface area (TPSA) is 75.4 Å². The lowest BCUT2D eigenvalue weighted by molar-refractivity contribution is -0.149. The van der Waals surface area contributed by atoms with E-state index in [9.17, 15) is 14.7 Å². The minimum atomic E-state index is -0.788. The van der Waals surface area contributed by atoms with E-state index in [2.05, 4.69) is 5.10 Å². The molecule has 1 N–H and O–H groups in total. The van der Waals surface area contributed by atoms with Gasteiger partial charge in [0.15, 0.2) is 0 Å². The summed E-state index contributed by atoms with van der Waals surface area (Å²) in [5.74, 6) is -0.855. The number of carboxylic acids is 1. The predicted octanol–water partition coefficient (Wildman–Crippen LogP) is 0.986. The molecule has 2 rings (SSSR count). The van der Waals surface area contributed by atoms with Crippen LogP contribution in [-0.4, -0.2) is 44.8 Å². The SMILES string of the molecule is CCCC1(C(=O)O)CCN(C(=O)Cn2cccn2)C1. The van der Waals surface area contributed by atoms with Gasteiger partial charge < -0.3 is 10.0 Å². The summed E-state index contributed by atoms with van der Waals surface area (Å²) in [4.78, 5) is 25.2. The van der Waals surface area contributed by atoms with Crippen LogP contribution in [0.2, 0.25) is 0 Å². The number of amides is 1. The highest BCUT2D eigenvalue weighted by molar-refractivity contribution is 5.80. The van der Waals surface area contributed by atoms with E-state index in [1.807, 2.05) is 6.92 Å². The quantitative estimate of drug-likeness (QED) is 0.861. The van der Waals surface area contributed by atoms with E-state index in [0.29, 0.717) is 25.9 Å². The van der Waals surface area contributed by atoms with Crippen LogP contribution in [0.25, 0.3) is 0 Å². The van der Waals surface area contributed by atoms with Gasteiger partial charge in [0.2, 0.25) is 5.91 Å². The lowest BCUT2D eigenvalue weighted by Crippen LogP contribution is -2.38. The first kappa shape index (κ1) is 13.6. The van der Waals surface area contributed by atoms with Gasteiger partial charge in [-0.15, -0.1) is 0 Å². The Hall–Kier alpha value is -1.85. The summed E-state index contributed by atoms with van der Waals surface area (Å²) in [6.07, 6.45) is 5.32. The lowest BCUT2D eigenvalue weighted by Gasteiger charge is -2.24. The molecular weight excluding hydrogens is 246 g/mol. The van der Waals surface area contributed by atoms with Gasteiger partial charge >= 0.3 is 5.97 Å². The van der Waals surface area contributed by atoms with Crippen molar-refractivity contribution in [2.75, 3.05) is 13.1 Å². The molecule has 6 heteroatoms. The molecule has 104 valence electrons. The van der Waals surface area contributed by atoms with Gasteiger partial charge in [-0.2, -0.15) is 5.10 Å². The average Bonchev–Trinajstić information content (AvgIpc) is 2.99. The smallest absolute Gasteiger partial charge is 0.311 e. The molecule has 0 spiro atoms. The zero-order valence-electron chi connectivity index (χ0n) is 11.1. The fraction of sp³-hybridized carbons (Fsp3) is 0.615. The Bertz CT molecular complexity index is 458. The van der Waals surface area contributed by atoms with Crippen molar-refractivity contribution in [3.05, 3.63) is 18.5 Å². The van der Waals surface area contributed by atoms with Crippen LogP contribution < -0.4 is 0 Å². The number of aromatic nitrogens is 2. The fourth-order valence-electron chi connectivity index (χ4n) is 2.68. The number of likely N-dealkylation sites (tertiary alicyclic amines) is 1. The number of carboxylic acid groups (broad SMARTS) is 1. The molecule has 0 aliphatic carbocycles. The third-order valence-electron chi connectivity index (χ3n) is 3.75. The Morgan fingerprint density at radius 2 is 2.26 bits per heavy atom. The number of rotatable bonds is 5. The average molecular weight is 265 g/mol. The van der Waals surface area contributed by atoms with Gasteiger partial charge in [-0.25, -0.2) is 0 Å². The Kier molecular flexibility index (Phi) is 3.87. The number of nitrogens with zero attached hydrogens (tertiary/aromatic N) is 3. The molecule has 1 fully saturated rings. The summed E-state index contributed by atoms with van der Waals surface area (Å²) in [5, 5.41) is 13.4. The van der Waals surface area contributed by atoms with Crippen LogP contribution in [-0.2, 0) is 16.1 Å². The summed E-state index contributed by atoms with van der Waals surface area (Å²) in [6.45, 7) is 2.98.